The zero-order chi connectivity index (χ0) is 14.2. The summed E-state index contributed by atoms with van der Waals surface area (Å²) in [7, 11) is 0. The topological polar surface area (TPSA) is 55.1 Å². The molecule has 0 fully saturated rings. The number of primary amides is 1. The van der Waals surface area contributed by atoms with Gasteiger partial charge in [-0.2, -0.15) is 11.8 Å². The number of hydrogen-bond acceptors (Lipinski definition) is 3. The number of hydrogen-bond donors (Lipinski definition) is 2. The molecule has 0 aromatic rings. The summed E-state index contributed by atoms with van der Waals surface area (Å²) in [4.78, 5) is 11.5. The van der Waals surface area contributed by atoms with Crippen molar-refractivity contribution in [1.29, 1.82) is 0 Å². The number of carbonyl (C=O) groups is 1. The van der Waals surface area contributed by atoms with Crippen molar-refractivity contribution in [2.24, 2.45) is 11.7 Å². The predicted molar refractivity (Wildman–Crippen MR) is 81.9 cm³/mol. The maximum atomic E-state index is 11.5. The van der Waals surface area contributed by atoms with Crippen LogP contribution >= 0.6 is 11.8 Å². The third-order valence-corrected chi connectivity index (χ3v) is 4.60. The Morgan fingerprint density at radius 3 is 2.44 bits per heavy atom. The van der Waals surface area contributed by atoms with E-state index in [1.165, 1.54) is 12.2 Å². The lowest BCUT2D eigenvalue weighted by Gasteiger charge is -2.29. The second-order valence-corrected chi connectivity index (χ2v) is 6.84. The van der Waals surface area contributed by atoms with E-state index in [9.17, 15) is 4.79 Å². The van der Waals surface area contributed by atoms with E-state index in [1.807, 2.05) is 32.5 Å². The number of amides is 1. The molecule has 0 aromatic carbocycles. The van der Waals surface area contributed by atoms with Gasteiger partial charge < -0.3 is 11.1 Å². The Morgan fingerprint density at radius 1 is 1.39 bits per heavy atom. The van der Waals surface area contributed by atoms with E-state index in [4.69, 9.17) is 5.73 Å². The first-order valence-corrected chi connectivity index (χ1v) is 8.12. The molecule has 0 bridgehead atoms. The smallest absolute Gasteiger partial charge is 0.237 e. The fraction of sp³-hybridized carbons (Fsp3) is 0.929. The summed E-state index contributed by atoms with van der Waals surface area (Å²) in [6.07, 6.45) is 3.08. The maximum Gasteiger partial charge on any atom is 0.237 e. The Bertz CT molecular complexity index is 246. The monoisotopic (exact) mass is 274 g/mol. The Hall–Kier alpha value is -0.220. The van der Waals surface area contributed by atoms with Crippen LogP contribution in [0.1, 0.15) is 53.9 Å². The lowest BCUT2D eigenvalue weighted by atomic mass is 9.94. The molecule has 18 heavy (non-hydrogen) atoms. The van der Waals surface area contributed by atoms with Crippen LogP contribution in [-0.2, 0) is 4.79 Å². The van der Waals surface area contributed by atoms with Gasteiger partial charge in [0.2, 0.25) is 5.91 Å². The highest BCUT2D eigenvalue weighted by molar-refractivity contribution is 7.99. The summed E-state index contributed by atoms with van der Waals surface area (Å²) in [6, 6.07) is 0.273. The fourth-order valence-electron chi connectivity index (χ4n) is 1.83. The standard InChI is InChI=1S/C14H30N2OS/c1-6-12(4)10-18-9-7-8-14(5,13(15)17)16-11(2)3/h11-12,16H,6-10H2,1-5H3,(H2,15,17). The number of thioether (sulfide) groups is 1. The second-order valence-electron chi connectivity index (χ2n) is 5.69. The third-order valence-electron chi connectivity index (χ3n) is 3.22. The summed E-state index contributed by atoms with van der Waals surface area (Å²) in [5, 5.41) is 3.28. The van der Waals surface area contributed by atoms with Gasteiger partial charge in [-0.3, -0.25) is 4.79 Å². The number of rotatable bonds is 10. The van der Waals surface area contributed by atoms with Crippen LogP contribution in [0.2, 0.25) is 0 Å². The molecule has 2 atom stereocenters. The van der Waals surface area contributed by atoms with Crippen molar-refractivity contribution < 1.29 is 4.79 Å². The van der Waals surface area contributed by atoms with Crippen molar-refractivity contribution in [3.8, 4) is 0 Å². The number of carbonyl (C=O) groups excluding carboxylic acids is 1. The van der Waals surface area contributed by atoms with Crippen molar-refractivity contribution in [3.05, 3.63) is 0 Å². The van der Waals surface area contributed by atoms with Crippen LogP contribution in [0.4, 0.5) is 0 Å². The van der Waals surface area contributed by atoms with Crippen molar-refractivity contribution in [1.82, 2.24) is 5.32 Å². The third kappa shape index (κ3) is 7.27. The largest absolute Gasteiger partial charge is 0.368 e. The lowest BCUT2D eigenvalue weighted by Crippen LogP contribution is -2.55. The van der Waals surface area contributed by atoms with E-state index in [0.717, 1.165) is 24.5 Å². The minimum Gasteiger partial charge on any atom is -0.368 e. The van der Waals surface area contributed by atoms with Crippen molar-refractivity contribution in [3.63, 3.8) is 0 Å². The van der Waals surface area contributed by atoms with Crippen LogP contribution in [-0.4, -0.2) is 29.0 Å². The van der Waals surface area contributed by atoms with Gasteiger partial charge in [-0.15, -0.1) is 0 Å². The van der Waals surface area contributed by atoms with E-state index < -0.39 is 5.54 Å². The van der Waals surface area contributed by atoms with E-state index in [-0.39, 0.29) is 11.9 Å². The van der Waals surface area contributed by atoms with Crippen LogP contribution in [0.5, 0.6) is 0 Å². The van der Waals surface area contributed by atoms with Crippen LogP contribution < -0.4 is 11.1 Å². The highest BCUT2D eigenvalue weighted by Gasteiger charge is 2.30. The fourth-order valence-corrected chi connectivity index (χ4v) is 2.99. The van der Waals surface area contributed by atoms with Gasteiger partial charge in [0, 0.05) is 6.04 Å². The Kier molecular flexibility index (Phi) is 8.70. The molecule has 0 aliphatic carbocycles. The zero-order valence-corrected chi connectivity index (χ0v) is 13.4. The van der Waals surface area contributed by atoms with Gasteiger partial charge in [0.15, 0.2) is 0 Å². The molecule has 0 spiro atoms. The van der Waals surface area contributed by atoms with Crippen molar-refractivity contribution in [2.45, 2.75) is 65.5 Å². The number of nitrogens with two attached hydrogens (primary N) is 1. The molecule has 0 saturated carbocycles. The average molecular weight is 274 g/mol. The molecule has 0 heterocycles. The molecule has 108 valence electrons. The molecular weight excluding hydrogens is 244 g/mol. The van der Waals surface area contributed by atoms with Gasteiger partial charge in [-0.05, 0) is 51.0 Å². The average Bonchev–Trinajstić information content (AvgIpc) is 2.27. The minimum absolute atomic E-state index is 0.247. The summed E-state index contributed by atoms with van der Waals surface area (Å²) in [5.41, 5.74) is 4.93. The Labute approximate surface area is 117 Å². The molecule has 2 unspecified atom stereocenters. The lowest BCUT2D eigenvalue weighted by molar-refractivity contribution is -0.124. The van der Waals surface area contributed by atoms with Gasteiger partial charge in [0.25, 0.3) is 0 Å². The van der Waals surface area contributed by atoms with Crippen molar-refractivity contribution >= 4 is 17.7 Å². The highest BCUT2D eigenvalue weighted by Crippen LogP contribution is 2.18. The van der Waals surface area contributed by atoms with Gasteiger partial charge in [0.1, 0.15) is 0 Å². The van der Waals surface area contributed by atoms with Gasteiger partial charge >= 0.3 is 0 Å². The van der Waals surface area contributed by atoms with E-state index in [1.54, 1.807) is 0 Å². The molecule has 0 aromatic heterocycles. The highest BCUT2D eigenvalue weighted by atomic mass is 32.2. The first-order valence-electron chi connectivity index (χ1n) is 6.97. The van der Waals surface area contributed by atoms with Gasteiger partial charge in [-0.25, -0.2) is 0 Å². The zero-order valence-electron chi connectivity index (χ0n) is 12.6. The Balaban J connectivity index is 3.95. The molecular formula is C14H30N2OS. The molecule has 4 heteroatoms. The van der Waals surface area contributed by atoms with Gasteiger partial charge in [-0.1, -0.05) is 20.3 Å². The van der Waals surface area contributed by atoms with Crippen molar-refractivity contribution in [2.75, 3.05) is 11.5 Å². The number of nitrogens with one attached hydrogen (secondary N) is 1. The molecule has 0 saturated heterocycles. The van der Waals surface area contributed by atoms with E-state index >= 15 is 0 Å². The molecule has 0 radical (unpaired) electrons. The minimum atomic E-state index is -0.564. The molecule has 0 rings (SSSR count). The SMILES string of the molecule is CCC(C)CSCCCC(C)(NC(C)C)C(N)=O. The van der Waals surface area contributed by atoms with Gasteiger partial charge in [0.05, 0.1) is 5.54 Å². The van der Waals surface area contributed by atoms with Crippen LogP contribution in [0.3, 0.4) is 0 Å². The van der Waals surface area contributed by atoms with E-state index in [0.29, 0.717) is 0 Å². The molecule has 3 N–H and O–H groups in total. The molecule has 3 nitrogen and oxygen atoms in total. The molecule has 0 aliphatic heterocycles. The maximum absolute atomic E-state index is 11.5. The molecule has 1 amide bonds. The van der Waals surface area contributed by atoms with E-state index in [2.05, 4.69) is 19.2 Å². The Morgan fingerprint density at radius 2 is 2.00 bits per heavy atom. The predicted octanol–water partition coefficient (Wildman–Crippen LogP) is 2.79. The quantitative estimate of drug-likeness (QED) is 0.602. The summed E-state index contributed by atoms with van der Waals surface area (Å²) in [5.74, 6) is 2.85. The summed E-state index contributed by atoms with van der Waals surface area (Å²) < 4.78 is 0. The second kappa shape index (κ2) is 8.81. The summed E-state index contributed by atoms with van der Waals surface area (Å²) in [6.45, 7) is 10.5. The van der Waals surface area contributed by atoms with Crippen LogP contribution in [0.15, 0.2) is 0 Å². The summed E-state index contributed by atoms with van der Waals surface area (Å²) >= 11 is 1.98. The normalized spacial score (nSPS) is 16.6. The van der Waals surface area contributed by atoms with Crippen LogP contribution in [0.25, 0.3) is 0 Å². The first-order chi connectivity index (χ1) is 8.31. The molecule has 0 aliphatic rings. The van der Waals surface area contributed by atoms with Crippen LogP contribution in [0, 0.1) is 5.92 Å². The first kappa shape index (κ1) is 17.8.